The highest BCUT2D eigenvalue weighted by Gasteiger charge is 2.33. The van der Waals surface area contributed by atoms with Gasteiger partial charge < -0.3 is 14.2 Å². The number of aromatic nitrogens is 4. The first-order valence-corrected chi connectivity index (χ1v) is 8.45. The Morgan fingerprint density at radius 2 is 2.04 bits per heavy atom. The van der Waals surface area contributed by atoms with E-state index in [1.54, 1.807) is 22.7 Å². The second kappa shape index (κ2) is 6.72. The predicted molar refractivity (Wildman–Crippen MR) is 91.8 cm³/mol. The molecule has 0 N–H and O–H groups in total. The zero-order valence-electron chi connectivity index (χ0n) is 14.6. The molecule has 3 heterocycles. The van der Waals surface area contributed by atoms with Gasteiger partial charge in [0, 0.05) is 24.5 Å². The molecule has 26 heavy (non-hydrogen) atoms. The molecule has 134 valence electrons. The summed E-state index contributed by atoms with van der Waals surface area (Å²) in [6, 6.07) is 9.23. The van der Waals surface area contributed by atoms with Crippen LogP contribution in [0, 0.1) is 6.92 Å². The maximum atomic E-state index is 12.9. The Balaban J connectivity index is 1.51. The molecule has 0 spiro atoms. The highest BCUT2D eigenvalue weighted by molar-refractivity contribution is 5.94. The Hall–Kier alpha value is -3.00. The minimum absolute atomic E-state index is 0.0478. The molecule has 0 aliphatic carbocycles. The number of hydrogen-bond acceptors (Lipinski definition) is 6. The van der Waals surface area contributed by atoms with E-state index < -0.39 is 6.10 Å². The first kappa shape index (κ1) is 16.5. The molecule has 8 heteroatoms. The molecular formula is C18H19N5O3. The zero-order valence-corrected chi connectivity index (χ0v) is 14.6. The lowest BCUT2D eigenvalue weighted by Gasteiger charge is -2.35. The van der Waals surface area contributed by atoms with Crippen LogP contribution in [-0.4, -0.2) is 49.9 Å². The van der Waals surface area contributed by atoms with Crippen LogP contribution in [0.25, 0.3) is 5.69 Å². The number of aryl methyl sites for hydroxylation is 1. The van der Waals surface area contributed by atoms with Crippen molar-refractivity contribution in [2.45, 2.75) is 26.1 Å². The van der Waals surface area contributed by atoms with Gasteiger partial charge in [0.15, 0.2) is 11.9 Å². The van der Waals surface area contributed by atoms with Crippen LogP contribution in [0.4, 0.5) is 0 Å². The topological polar surface area (TPSA) is 86.3 Å². The monoisotopic (exact) mass is 353 g/mol. The second-order valence-electron chi connectivity index (χ2n) is 6.32. The third-order valence-corrected chi connectivity index (χ3v) is 4.25. The molecule has 1 amide bonds. The van der Waals surface area contributed by atoms with Crippen molar-refractivity contribution in [3.8, 4) is 5.69 Å². The van der Waals surface area contributed by atoms with E-state index in [1.165, 1.54) is 0 Å². The van der Waals surface area contributed by atoms with Gasteiger partial charge in [-0.3, -0.25) is 4.79 Å². The number of hydrogen-bond donors (Lipinski definition) is 0. The van der Waals surface area contributed by atoms with Gasteiger partial charge in [-0.2, -0.15) is 10.1 Å². The normalized spacial score (nSPS) is 20.3. The van der Waals surface area contributed by atoms with E-state index in [1.807, 2.05) is 43.5 Å². The molecule has 1 aliphatic rings. The summed E-state index contributed by atoms with van der Waals surface area (Å²) in [5, 5.41) is 7.99. The summed E-state index contributed by atoms with van der Waals surface area (Å²) in [7, 11) is 0. The average molecular weight is 353 g/mol. The summed E-state index contributed by atoms with van der Waals surface area (Å²) in [5.41, 5.74) is 1.52. The van der Waals surface area contributed by atoms with Gasteiger partial charge in [0.05, 0.1) is 18.3 Å². The fraction of sp³-hybridized carbons (Fsp3) is 0.333. The van der Waals surface area contributed by atoms with Crippen molar-refractivity contribution in [2.75, 3.05) is 13.1 Å². The zero-order chi connectivity index (χ0) is 18.1. The molecule has 2 aromatic heterocycles. The Labute approximate surface area is 150 Å². The molecule has 3 aromatic rings. The lowest BCUT2D eigenvalue weighted by atomic mass is 10.1. The Kier molecular flexibility index (Phi) is 4.26. The van der Waals surface area contributed by atoms with Crippen LogP contribution in [0.3, 0.4) is 0 Å². The number of morpholine rings is 1. The minimum atomic E-state index is -0.410. The minimum Gasteiger partial charge on any atom is -0.362 e. The Morgan fingerprint density at radius 3 is 2.69 bits per heavy atom. The predicted octanol–water partition coefficient (Wildman–Crippen LogP) is 2.17. The number of carbonyl (C=O) groups is 1. The third kappa shape index (κ3) is 3.23. The Bertz CT molecular complexity index is 888. The van der Waals surface area contributed by atoms with Gasteiger partial charge in [-0.1, -0.05) is 5.16 Å². The molecule has 1 aromatic carbocycles. The fourth-order valence-corrected chi connectivity index (χ4v) is 3.06. The van der Waals surface area contributed by atoms with Gasteiger partial charge in [0.25, 0.3) is 11.8 Å². The van der Waals surface area contributed by atoms with E-state index in [9.17, 15) is 4.79 Å². The number of nitrogens with zero attached hydrogens (tertiary/aromatic N) is 5. The van der Waals surface area contributed by atoms with Gasteiger partial charge in [-0.15, -0.1) is 0 Å². The van der Waals surface area contributed by atoms with Gasteiger partial charge in [-0.05, 0) is 44.2 Å². The summed E-state index contributed by atoms with van der Waals surface area (Å²) in [5.74, 6) is 0.906. The molecule has 0 unspecified atom stereocenters. The first-order chi connectivity index (χ1) is 12.6. The van der Waals surface area contributed by atoms with E-state index in [0.717, 1.165) is 5.69 Å². The van der Waals surface area contributed by atoms with Gasteiger partial charge in [-0.25, -0.2) is 4.68 Å². The van der Waals surface area contributed by atoms with Crippen LogP contribution in [0.5, 0.6) is 0 Å². The molecule has 4 rings (SSSR count). The molecule has 2 atom stereocenters. The molecule has 0 bridgehead atoms. The summed E-state index contributed by atoms with van der Waals surface area (Å²) >= 11 is 0. The second-order valence-corrected chi connectivity index (χ2v) is 6.32. The van der Waals surface area contributed by atoms with Crippen LogP contribution in [0.2, 0.25) is 0 Å². The molecule has 1 saturated heterocycles. The van der Waals surface area contributed by atoms with Gasteiger partial charge in [0.1, 0.15) is 0 Å². The lowest BCUT2D eigenvalue weighted by Crippen LogP contribution is -2.46. The molecule has 0 radical (unpaired) electrons. The van der Waals surface area contributed by atoms with E-state index in [4.69, 9.17) is 9.26 Å². The maximum absolute atomic E-state index is 12.9. The van der Waals surface area contributed by atoms with Crippen molar-refractivity contribution in [3.63, 3.8) is 0 Å². The number of rotatable bonds is 3. The van der Waals surface area contributed by atoms with Crippen LogP contribution in [-0.2, 0) is 4.74 Å². The van der Waals surface area contributed by atoms with Crippen molar-refractivity contribution in [2.24, 2.45) is 0 Å². The summed E-state index contributed by atoms with van der Waals surface area (Å²) < 4.78 is 12.8. The summed E-state index contributed by atoms with van der Waals surface area (Å²) in [4.78, 5) is 18.9. The molecule has 8 nitrogen and oxygen atoms in total. The van der Waals surface area contributed by atoms with Crippen molar-refractivity contribution in [3.05, 3.63) is 60.0 Å². The van der Waals surface area contributed by atoms with E-state index in [-0.39, 0.29) is 12.0 Å². The molecular weight excluding hydrogens is 334 g/mol. The largest absolute Gasteiger partial charge is 0.362 e. The lowest BCUT2D eigenvalue weighted by molar-refractivity contribution is -0.0810. The van der Waals surface area contributed by atoms with Gasteiger partial charge in [0.2, 0.25) is 0 Å². The van der Waals surface area contributed by atoms with Crippen LogP contribution in [0.15, 0.2) is 47.2 Å². The molecule has 1 aliphatic heterocycles. The summed E-state index contributed by atoms with van der Waals surface area (Å²) in [6.07, 6.45) is 3.05. The fourth-order valence-electron chi connectivity index (χ4n) is 3.06. The van der Waals surface area contributed by atoms with Gasteiger partial charge >= 0.3 is 0 Å². The highest BCUT2D eigenvalue weighted by atomic mass is 16.5. The standard InChI is InChI=1S/C18H19N5O3/c1-12-10-22(11-16(25-12)17-20-13(2)21-26-17)18(24)14-4-6-15(7-5-14)23-9-3-8-19-23/h3-9,12,16H,10-11H2,1-2H3/t12-,16-/m1/s1. The van der Waals surface area contributed by atoms with E-state index >= 15 is 0 Å². The van der Waals surface area contributed by atoms with Crippen molar-refractivity contribution >= 4 is 5.91 Å². The van der Waals surface area contributed by atoms with Crippen LogP contribution >= 0.6 is 0 Å². The Morgan fingerprint density at radius 1 is 1.23 bits per heavy atom. The maximum Gasteiger partial charge on any atom is 0.257 e. The quantitative estimate of drug-likeness (QED) is 0.717. The number of benzene rings is 1. The van der Waals surface area contributed by atoms with E-state index in [0.29, 0.717) is 30.4 Å². The smallest absolute Gasteiger partial charge is 0.257 e. The van der Waals surface area contributed by atoms with Crippen molar-refractivity contribution < 1.29 is 14.1 Å². The first-order valence-electron chi connectivity index (χ1n) is 8.45. The number of carbonyl (C=O) groups excluding carboxylic acids is 1. The van der Waals surface area contributed by atoms with Crippen LogP contribution < -0.4 is 0 Å². The highest BCUT2D eigenvalue weighted by Crippen LogP contribution is 2.25. The summed E-state index contributed by atoms with van der Waals surface area (Å²) in [6.45, 7) is 4.58. The molecule has 0 saturated carbocycles. The van der Waals surface area contributed by atoms with Crippen molar-refractivity contribution in [1.29, 1.82) is 0 Å². The third-order valence-electron chi connectivity index (χ3n) is 4.25. The van der Waals surface area contributed by atoms with Crippen molar-refractivity contribution in [1.82, 2.24) is 24.8 Å². The number of ether oxygens (including phenoxy) is 1. The molecule has 1 fully saturated rings. The van der Waals surface area contributed by atoms with E-state index in [2.05, 4.69) is 15.2 Å². The number of amides is 1. The SMILES string of the molecule is Cc1noc([C@H]2CN(C(=O)c3ccc(-n4cccn4)cc3)C[C@@H](C)O2)n1. The van der Waals surface area contributed by atoms with Crippen LogP contribution in [0.1, 0.15) is 35.1 Å². The average Bonchev–Trinajstić information content (AvgIpc) is 3.32.